The Labute approximate surface area is 167 Å². The van der Waals surface area contributed by atoms with Crippen molar-refractivity contribution in [2.75, 3.05) is 6.61 Å². The standard InChI is InChI=1S/C21H18N4O2S/c1-2-10-25-20(19-13-26-17-8-3-4-9-18(17)27-19)23-24-21(25)28-14-16-7-5-6-15(11-16)12-22/h2-9,11,19H,1,10,13-14H2. The number of para-hydroxylation sites is 2. The highest BCUT2D eigenvalue weighted by Crippen LogP contribution is 2.36. The van der Waals surface area contributed by atoms with Gasteiger partial charge in [-0.3, -0.25) is 4.57 Å². The molecular weight excluding hydrogens is 372 g/mol. The SMILES string of the molecule is C=CCn1c(SCc2cccc(C#N)c2)nnc1C1COc2ccccc2O1. The summed E-state index contributed by atoms with van der Waals surface area (Å²) in [5, 5.41) is 18.6. The van der Waals surface area contributed by atoms with E-state index in [1.165, 1.54) is 0 Å². The average Bonchev–Trinajstić information content (AvgIpc) is 3.15. The maximum Gasteiger partial charge on any atom is 0.192 e. The summed E-state index contributed by atoms with van der Waals surface area (Å²) >= 11 is 1.57. The van der Waals surface area contributed by atoms with E-state index in [1.807, 2.05) is 53.1 Å². The van der Waals surface area contributed by atoms with Crippen molar-refractivity contribution in [3.05, 3.63) is 78.1 Å². The largest absolute Gasteiger partial charge is 0.485 e. The number of nitrogens with zero attached hydrogens (tertiary/aromatic N) is 4. The van der Waals surface area contributed by atoms with Gasteiger partial charge in [0.15, 0.2) is 28.6 Å². The monoisotopic (exact) mass is 390 g/mol. The molecule has 1 aromatic heterocycles. The predicted molar refractivity (Wildman–Crippen MR) is 106 cm³/mol. The molecule has 0 saturated carbocycles. The molecule has 2 heterocycles. The zero-order valence-electron chi connectivity index (χ0n) is 15.1. The van der Waals surface area contributed by atoms with Crippen LogP contribution in [0.5, 0.6) is 11.5 Å². The summed E-state index contributed by atoms with van der Waals surface area (Å²) in [5.41, 5.74) is 1.71. The minimum atomic E-state index is -0.335. The average molecular weight is 390 g/mol. The quantitative estimate of drug-likeness (QED) is 0.465. The van der Waals surface area contributed by atoms with Crippen LogP contribution in [0.2, 0.25) is 0 Å². The van der Waals surface area contributed by atoms with Gasteiger partial charge >= 0.3 is 0 Å². The summed E-state index contributed by atoms with van der Waals surface area (Å²) in [7, 11) is 0. The first-order valence-electron chi connectivity index (χ1n) is 8.83. The van der Waals surface area contributed by atoms with E-state index in [-0.39, 0.29) is 6.10 Å². The Morgan fingerprint density at radius 3 is 2.89 bits per heavy atom. The lowest BCUT2D eigenvalue weighted by atomic mass is 10.2. The maximum absolute atomic E-state index is 9.06. The van der Waals surface area contributed by atoms with E-state index < -0.39 is 0 Å². The summed E-state index contributed by atoms with van der Waals surface area (Å²) in [6.45, 7) is 4.80. The summed E-state index contributed by atoms with van der Waals surface area (Å²) in [5.74, 6) is 2.84. The fraction of sp³-hybridized carbons (Fsp3) is 0.190. The molecule has 0 aliphatic carbocycles. The molecule has 0 bridgehead atoms. The molecule has 1 unspecified atom stereocenters. The molecule has 140 valence electrons. The molecule has 0 N–H and O–H groups in total. The van der Waals surface area contributed by atoms with Gasteiger partial charge < -0.3 is 9.47 Å². The molecule has 7 heteroatoms. The summed E-state index contributed by atoms with van der Waals surface area (Å²) in [6.07, 6.45) is 1.48. The molecule has 6 nitrogen and oxygen atoms in total. The number of ether oxygens (including phenoxy) is 2. The number of aromatic nitrogens is 3. The summed E-state index contributed by atoms with van der Waals surface area (Å²) in [4.78, 5) is 0. The van der Waals surface area contributed by atoms with Crippen molar-refractivity contribution in [3.63, 3.8) is 0 Å². The van der Waals surface area contributed by atoms with Crippen LogP contribution in [0.15, 0.2) is 66.3 Å². The van der Waals surface area contributed by atoms with Crippen molar-refractivity contribution in [3.8, 4) is 17.6 Å². The number of benzene rings is 2. The molecule has 0 saturated heterocycles. The van der Waals surface area contributed by atoms with Crippen LogP contribution in [0, 0.1) is 11.3 Å². The van der Waals surface area contributed by atoms with Crippen molar-refractivity contribution in [1.82, 2.24) is 14.8 Å². The van der Waals surface area contributed by atoms with E-state index in [0.29, 0.717) is 36.0 Å². The van der Waals surface area contributed by atoms with E-state index in [9.17, 15) is 0 Å². The minimum Gasteiger partial charge on any atom is -0.485 e. The molecule has 1 aliphatic heterocycles. The van der Waals surface area contributed by atoms with E-state index in [1.54, 1.807) is 17.8 Å². The normalized spacial score (nSPS) is 15.0. The maximum atomic E-state index is 9.06. The van der Waals surface area contributed by atoms with Crippen molar-refractivity contribution in [1.29, 1.82) is 5.26 Å². The van der Waals surface area contributed by atoms with E-state index in [4.69, 9.17) is 14.7 Å². The van der Waals surface area contributed by atoms with Gasteiger partial charge in [-0.2, -0.15) is 5.26 Å². The Bertz CT molecular complexity index is 1040. The van der Waals surface area contributed by atoms with Gasteiger partial charge in [-0.05, 0) is 29.8 Å². The second-order valence-corrected chi connectivity index (χ2v) is 7.15. The molecule has 3 aromatic rings. The van der Waals surface area contributed by atoms with Crippen molar-refractivity contribution >= 4 is 11.8 Å². The summed E-state index contributed by atoms with van der Waals surface area (Å²) in [6, 6.07) is 17.3. The number of rotatable bonds is 6. The van der Waals surface area contributed by atoms with Crippen LogP contribution in [0.1, 0.15) is 23.1 Å². The van der Waals surface area contributed by atoms with Crippen molar-refractivity contribution in [2.24, 2.45) is 0 Å². The van der Waals surface area contributed by atoms with Crippen LogP contribution in [0.3, 0.4) is 0 Å². The van der Waals surface area contributed by atoms with Crippen LogP contribution in [0.25, 0.3) is 0 Å². The smallest absolute Gasteiger partial charge is 0.192 e. The predicted octanol–water partition coefficient (Wildman–Crippen LogP) is 4.14. The van der Waals surface area contributed by atoms with Crippen molar-refractivity contribution < 1.29 is 9.47 Å². The number of thioether (sulfide) groups is 1. The van der Waals surface area contributed by atoms with Gasteiger partial charge in [-0.15, -0.1) is 16.8 Å². The Morgan fingerprint density at radius 1 is 1.21 bits per heavy atom. The number of fused-ring (bicyclic) bond motifs is 1. The third-order valence-corrected chi connectivity index (χ3v) is 5.32. The van der Waals surface area contributed by atoms with Gasteiger partial charge in [0, 0.05) is 12.3 Å². The topological polar surface area (TPSA) is 73.0 Å². The second kappa shape index (κ2) is 8.19. The molecule has 28 heavy (non-hydrogen) atoms. The number of hydrogen-bond donors (Lipinski definition) is 0. The van der Waals surface area contributed by atoms with Gasteiger partial charge in [0.1, 0.15) is 6.61 Å². The fourth-order valence-corrected chi connectivity index (χ4v) is 3.87. The molecule has 0 spiro atoms. The van der Waals surface area contributed by atoms with Gasteiger partial charge in [-0.25, -0.2) is 0 Å². The number of hydrogen-bond acceptors (Lipinski definition) is 6. The van der Waals surface area contributed by atoms with Gasteiger partial charge in [0.05, 0.1) is 11.6 Å². The molecule has 0 fully saturated rings. The molecule has 0 radical (unpaired) electrons. The molecular formula is C21H18N4O2S. The zero-order chi connectivity index (χ0) is 19.3. The highest BCUT2D eigenvalue weighted by molar-refractivity contribution is 7.98. The van der Waals surface area contributed by atoms with Crippen LogP contribution < -0.4 is 9.47 Å². The lowest BCUT2D eigenvalue weighted by Crippen LogP contribution is -2.25. The Morgan fingerprint density at radius 2 is 2.07 bits per heavy atom. The number of allylic oxidation sites excluding steroid dienone is 1. The molecule has 1 atom stereocenters. The molecule has 4 rings (SSSR count). The lowest BCUT2D eigenvalue weighted by Gasteiger charge is -2.26. The number of nitriles is 1. The highest BCUT2D eigenvalue weighted by Gasteiger charge is 2.28. The minimum absolute atomic E-state index is 0.335. The van der Waals surface area contributed by atoms with Crippen LogP contribution in [-0.4, -0.2) is 21.4 Å². The van der Waals surface area contributed by atoms with E-state index in [2.05, 4.69) is 22.8 Å². The lowest BCUT2D eigenvalue weighted by molar-refractivity contribution is 0.0821. The Kier molecular flexibility index (Phi) is 5.31. The first-order valence-corrected chi connectivity index (χ1v) is 9.81. The van der Waals surface area contributed by atoms with Crippen LogP contribution >= 0.6 is 11.8 Å². The van der Waals surface area contributed by atoms with Crippen LogP contribution in [-0.2, 0) is 12.3 Å². The third-order valence-electron chi connectivity index (χ3n) is 4.28. The summed E-state index contributed by atoms with van der Waals surface area (Å²) < 4.78 is 13.9. The Balaban J connectivity index is 1.54. The third kappa shape index (κ3) is 3.73. The highest BCUT2D eigenvalue weighted by atomic mass is 32.2. The first-order chi connectivity index (χ1) is 13.8. The fourth-order valence-electron chi connectivity index (χ4n) is 2.97. The van der Waals surface area contributed by atoms with Crippen LogP contribution in [0.4, 0.5) is 0 Å². The van der Waals surface area contributed by atoms with Gasteiger partial charge in [-0.1, -0.05) is 42.1 Å². The van der Waals surface area contributed by atoms with E-state index in [0.717, 1.165) is 16.5 Å². The first kappa shape index (κ1) is 18.1. The molecule has 1 aliphatic rings. The second-order valence-electron chi connectivity index (χ2n) is 6.21. The Hall–Kier alpha value is -3.24. The van der Waals surface area contributed by atoms with Gasteiger partial charge in [0.2, 0.25) is 0 Å². The van der Waals surface area contributed by atoms with Gasteiger partial charge in [0.25, 0.3) is 0 Å². The van der Waals surface area contributed by atoms with Crippen molar-refractivity contribution in [2.45, 2.75) is 23.6 Å². The van der Waals surface area contributed by atoms with E-state index >= 15 is 0 Å². The molecule has 0 amide bonds. The molecule has 2 aromatic carbocycles. The zero-order valence-corrected chi connectivity index (χ0v) is 15.9.